The number of aromatic hydroxyl groups is 1. The van der Waals surface area contributed by atoms with Crippen LogP contribution in [0.4, 0.5) is 10.2 Å². The van der Waals surface area contributed by atoms with Crippen LogP contribution < -0.4 is 5.73 Å². The molecule has 4 nitrogen and oxygen atoms in total. The van der Waals surface area contributed by atoms with Gasteiger partial charge in [-0.1, -0.05) is 11.6 Å². The van der Waals surface area contributed by atoms with Gasteiger partial charge < -0.3 is 10.8 Å². The van der Waals surface area contributed by atoms with Crippen molar-refractivity contribution in [2.75, 3.05) is 5.73 Å². The third-order valence-electron chi connectivity index (χ3n) is 2.02. The van der Waals surface area contributed by atoms with Gasteiger partial charge in [-0.2, -0.15) is 5.10 Å². The fraction of sp³-hybridized carbons (Fsp3) is 0. The first kappa shape index (κ1) is 9.79. The van der Waals surface area contributed by atoms with Crippen LogP contribution in [0.25, 0.3) is 11.1 Å². The molecule has 0 spiro atoms. The number of H-pyrrole nitrogens is 1. The van der Waals surface area contributed by atoms with E-state index in [0.29, 0.717) is 5.56 Å². The molecule has 4 N–H and O–H groups in total. The number of hydrogen-bond acceptors (Lipinski definition) is 3. The van der Waals surface area contributed by atoms with Gasteiger partial charge in [-0.05, 0) is 12.1 Å². The van der Waals surface area contributed by atoms with E-state index in [1.54, 1.807) is 0 Å². The Morgan fingerprint density at radius 1 is 1.40 bits per heavy atom. The number of nitrogen functional groups attached to an aromatic ring is 1. The van der Waals surface area contributed by atoms with E-state index in [4.69, 9.17) is 22.4 Å². The summed E-state index contributed by atoms with van der Waals surface area (Å²) in [5.41, 5.74) is 6.15. The van der Waals surface area contributed by atoms with Crippen LogP contribution in [-0.2, 0) is 0 Å². The van der Waals surface area contributed by atoms with E-state index in [2.05, 4.69) is 10.2 Å². The van der Waals surface area contributed by atoms with Crippen molar-refractivity contribution in [1.82, 2.24) is 10.2 Å². The van der Waals surface area contributed by atoms with Crippen molar-refractivity contribution < 1.29 is 9.50 Å². The van der Waals surface area contributed by atoms with Gasteiger partial charge in [-0.25, -0.2) is 4.39 Å². The Labute approximate surface area is 89.5 Å². The van der Waals surface area contributed by atoms with E-state index in [0.717, 1.165) is 0 Å². The molecule has 0 bridgehead atoms. The van der Waals surface area contributed by atoms with E-state index in [1.807, 2.05) is 0 Å². The van der Waals surface area contributed by atoms with Crippen LogP contribution in [-0.4, -0.2) is 15.3 Å². The number of aromatic nitrogens is 2. The second kappa shape index (κ2) is 3.43. The zero-order valence-electron chi connectivity index (χ0n) is 7.46. The van der Waals surface area contributed by atoms with Crippen molar-refractivity contribution >= 4 is 17.4 Å². The number of phenols is 1. The Morgan fingerprint density at radius 3 is 2.73 bits per heavy atom. The summed E-state index contributed by atoms with van der Waals surface area (Å²) in [4.78, 5) is 0. The average molecular weight is 228 g/mol. The van der Waals surface area contributed by atoms with Gasteiger partial charge in [0.2, 0.25) is 0 Å². The van der Waals surface area contributed by atoms with E-state index in [-0.39, 0.29) is 22.2 Å². The van der Waals surface area contributed by atoms with Crippen molar-refractivity contribution in [2.24, 2.45) is 0 Å². The molecule has 0 amide bonds. The number of nitrogens with one attached hydrogen (secondary N) is 1. The molecule has 1 aromatic carbocycles. The summed E-state index contributed by atoms with van der Waals surface area (Å²) in [5, 5.41) is 15.0. The van der Waals surface area contributed by atoms with Gasteiger partial charge in [0.05, 0.1) is 6.20 Å². The molecule has 2 rings (SSSR count). The first-order chi connectivity index (χ1) is 7.11. The summed E-state index contributed by atoms with van der Waals surface area (Å²) in [5.74, 6) is -0.777. The first-order valence-electron chi connectivity index (χ1n) is 4.07. The zero-order valence-corrected chi connectivity index (χ0v) is 8.22. The number of nitrogens with two attached hydrogens (primary N) is 1. The second-order valence-corrected chi connectivity index (χ2v) is 3.34. The van der Waals surface area contributed by atoms with Gasteiger partial charge in [-0.3, -0.25) is 5.10 Å². The molecule has 0 unspecified atom stereocenters. The number of aromatic amines is 1. The Balaban J connectivity index is 2.65. The molecular formula is C9H7ClFN3O. The van der Waals surface area contributed by atoms with Crippen LogP contribution >= 0.6 is 11.6 Å². The highest BCUT2D eigenvalue weighted by atomic mass is 35.5. The quantitative estimate of drug-likeness (QED) is 0.699. The van der Waals surface area contributed by atoms with Crippen LogP contribution in [0.1, 0.15) is 0 Å². The molecule has 0 fully saturated rings. The maximum absolute atomic E-state index is 13.6. The van der Waals surface area contributed by atoms with Crippen molar-refractivity contribution in [3.63, 3.8) is 0 Å². The highest BCUT2D eigenvalue weighted by molar-refractivity contribution is 6.32. The molecular weight excluding hydrogens is 221 g/mol. The highest BCUT2D eigenvalue weighted by Gasteiger charge is 2.15. The van der Waals surface area contributed by atoms with Crippen LogP contribution in [0.15, 0.2) is 18.3 Å². The fourth-order valence-corrected chi connectivity index (χ4v) is 1.42. The minimum absolute atomic E-state index is 0.198. The lowest BCUT2D eigenvalue weighted by atomic mass is 10.1. The van der Waals surface area contributed by atoms with Gasteiger partial charge in [0.15, 0.2) is 5.82 Å². The Bertz CT molecular complexity index is 512. The van der Waals surface area contributed by atoms with Gasteiger partial charge in [0.25, 0.3) is 0 Å². The van der Waals surface area contributed by atoms with Crippen molar-refractivity contribution in [3.05, 3.63) is 29.2 Å². The summed E-state index contributed by atoms with van der Waals surface area (Å²) in [6, 6.07) is 2.69. The Hall–Kier alpha value is -1.75. The average Bonchev–Trinajstić information content (AvgIpc) is 2.62. The first-order valence-corrected chi connectivity index (χ1v) is 4.45. The molecule has 6 heteroatoms. The van der Waals surface area contributed by atoms with E-state index >= 15 is 0 Å². The minimum atomic E-state index is -0.718. The summed E-state index contributed by atoms with van der Waals surface area (Å²) in [6.45, 7) is 0. The van der Waals surface area contributed by atoms with Crippen LogP contribution in [0.5, 0.6) is 5.75 Å². The smallest absolute Gasteiger partial charge is 0.153 e. The van der Waals surface area contributed by atoms with E-state index < -0.39 is 5.82 Å². The summed E-state index contributed by atoms with van der Waals surface area (Å²) >= 11 is 5.56. The second-order valence-electron chi connectivity index (χ2n) is 2.96. The predicted octanol–water partition coefficient (Wildman–Crippen LogP) is 2.16. The molecule has 1 heterocycles. The Kier molecular flexibility index (Phi) is 2.24. The lowest BCUT2D eigenvalue weighted by Gasteiger charge is -2.04. The van der Waals surface area contributed by atoms with Crippen molar-refractivity contribution in [1.29, 1.82) is 0 Å². The molecule has 0 saturated heterocycles. The number of rotatable bonds is 1. The Morgan fingerprint density at radius 2 is 2.13 bits per heavy atom. The minimum Gasteiger partial charge on any atom is -0.506 e. The summed E-state index contributed by atoms with van der Waals surface area (Å²) < 4.78 is 13.6. The fourth-order valence-electron chi connectivity index (χ4n) is 1.26. The molecule has 2 aromatic rings. The predicted molar refractivity (Wildman–Crippen MR) is 55.1 cm³/mol. The van der Waals surface area contributed by atoms with Gasteiger partial charge in [-0.15, -0.1) is 0 Å². The summed E-state index contributed by atoms with van der Waals surface area (Å²) in [7, 11) is 0. The lowest BCUT2D eigenvalue weighted by Crippen LogP contribution is -1.90. The molecule has 0 saturated carbocycles. The number of phenolic OH excluding ortho intramolecular Hbond substituents is 1. The van der Waals surface area contributed by atoms with E-state index in [1.165, 1.54) is 18.3 Å². The normalized spacial score (nSPS) is 10.5. The lowest BCUT2D eigenvalue weighted by molar-refractivity contribution is 0.470. The third-order valence-corrected chi connectivity index (χ3v) is 2.38. The van der Waals surface area contributed by atoms with Crippen LogP contribution in [0.2, 0.25) is 5.02 Å². The van der Waals surface area contributed by atoms with Crippen molar-refractivity contribution in [3.8, 4) is 16.9 Å². The largest absolute Gasteiger partial charge is 0.506 e. The molecule has 0 atom stereocenters. The number of halogens is 2. The molecule has 1 aromatic heterocycles. The zero-order chi connectivity index (χ0) is 11.0. The summed E-state index contributed by atoms with van der Waals surface area (Å²) in [6.07, 6.45) is 1.39. The monoisotopic (exact) mass is 227 g/mol. The van der Waals surface area contributed by atoms with Gasteiger partial charge >= 0.3 is 0 Å². The molecule has 0 aliphatic heterocycles. The topological polar surface area (TPSA) is 74.9 Å². The molecule has 0 aliphatic carbocycles. The SMILES string of the molecule is Nc1[nH]ncc1-c1ccc(O)c(Cl)c1F. The number of nitrogens with zero attached hydrogens (tertiary/aromatic N) is 1. The van der Waals surface area contributed by atoms with Crippen LogP contribution in [0.3, 0.4) is 0 Å². The maximum Gasteiger partial charge on any atom is 0.153 e. The molecule has 15 heavy (non-hydrogen) atoms. The maximum atomic E-state index is 13.6. The standard InChI is InChI=1S/C9H7ClFN3O/c10-7-6(15)2-1-4(8(7)11)5-3-13-14-9(5)12/h1-3,15H,(H3,12,13,14). The van der Waals surface area contributed by atoms with Gasteiger partial charge in [0, 0.05) is 11.1 Å². The highest BCUT2D eigenvalue weighted by Crippen LogP contribution is 2.35. The molecule has 78 valence electrons. The van der Waals surface area contributed by atoms with Crippen LogP contribution in [0, 0.1) is 5.82 Å². The van der Waals surface area contributed by atoms with E-state index in [9.17, 15) is 4.39 Å². The number of benzene rings is 1. The van der Waals surface area contributed by atoms with Gasteiger partial charge in [0.1, 0.15) is 16.6 Å². The molecule has 0 aliphatic rings. The number of anilines is 1. The third kappa shape index (κ3) is 1.50. The molecule has 0 radical (unpaired) electrons. The number of hydrogen-bond donors (Lipinski definition) is 3. The van der Waals surface area contributed by atoms with Crippen molar-refractivity contribution in [2.45, 2.75) is 0 Å².